The molecule has 2 amide bonds. The van der Waals surface area contributed by atoms with Gasteiger partial charge in [0, 0.05) is 11.4 Å². The van der Waals surface area contributed by atoms with Crippen LogP contribution in [0.3, 0.4) is 0 Å². The number of aryl methyl sites for hydroxylation is 2. The Morgan fingerprint density at radius 1 is 0.643 bits per heavy atom. The van der Waals surface area contributed by atoms with Gasteiger partial charge in [0.05, 0.1) is 11.5 Å². The minimum atomic E-state index is -0.139. The molecule has 42 heavy (non-hydrogen) atoms. The van der Waals surface area contributed by atoms with Gasteiger partial charge in [0.2, 0.25) is 11.8 Å². The monoisotopic (exact) mass is 594 g/mol. The molecule has 10 heteroatoms. The van der Waals surface area contributed by atoms with Crippen LogP contribution in [0.4, 0.5) is 11.4 Å². The molecule has 0 saturated carbocycles. The predicted octanol–water partition coefficient (Wildman–Crippen LogP) is 7.71. The summed E-state index contributed by atoms with van der Waals surface area (Å²) in [5, 5.41) is 6.84. The Morgan fingerprint density at radius 2 is 1.07 bits per heavy atom. The van der Waals surface area contributed by atoms with Crippen molar-refractivity contribution in [3.8, 4) is 11.1 Å². The van der Waals surface area contributed by atoms with Crippen LogP contribution in [-0.4, -0.2) is 33.3 Å². The zero-order chi connectivity index (χ0) is 29.1. The summed E-state index contributed by atoms with van der Waals surface area (Å²) in [6.07, 6.45) is 0. The lowest BCUT2D eigenvalue weighted by atomic mass is 9.96. The largest absolute Gasteiger partial charge is 0.431 e. The van der Waals surface area contributed by atoms with E-state index in [0.717, 1.165) is 44.7 Å². The fraction of sp³-hybridized carbons (Fsp3) is 0.125. The molecule has 0 aliphatic rings. The van der Waals surface area contributed by atoms with Crippen LogP contribution in [0.25, 0.3) is 33.3 Å². The first-order chi connectivity index (χ1) is 20.4. The van der Waals surface area contributed by atoms with E-state index in [9.17, 15) is 9.59 Å². The van der Waals surface area contributed by atoms with Gasteiger partial charge in [-0.05, 0) is 84.6 Å². The molecule has 0 radical (unpaired) electrons. The van der Waals surface area contributed by atoms with Crippen molar-refractivity contribution in [3.63, 3.8) is 0 Å². The number of aromatic nitrogens is 2. The van der Waals surface area contributed by atoms with Gasteiger partial charge in [0.15, 0.2) is 11.2 Å². The number of fused-ring (bicyclic) bond motifs is 2. The van der Waals surface area contributed by atoms with Gasteiger partial charge in [0.1, 0.15) is 11.0 Å². The highest BCUT2D eigenvalue weighted by atomic mass is 32.2. The molecule has 8 nitrogen and oxygen atoms in total. The fourth-order valence-electron chi connectivity index (χ4n) is 4.56. The van der Waals surface area contributed by atoms with E-state index in [-0.39, 0.29) is 23.3 Å². The first kappa shape index (κ1) is 27.6. The second-order valence-electron chi connectivity index (χ2n) is 9.63. The molecule has 0 bridgehead atoms. The number of benzene rings is 4. The van der Waals surface area contributed by atoms with E-state index in [4.69, 9.17) is 8.83 Å². The fourth-order valence-corrected chi connectivity index (χ4v) is 5.84. The van der Waals surface area contributed by atoms with Gasteiger partial charge in [0.25, 0.3) is 10.4 Å². The molecule has 0 aliphatic heterocycles. The summed E-state index contributed by atoms with van der Waals surface area (Å²) in [6, 6.07) is 26.7. The van der Waals surface area contributed by atoms with E-state index >= 15 is 0 Å². The Morgan fingerprint density at radius 3 is 1.48 bits per heavy atom. The number of nitrogens with zero attached hydrogens (tertiary/aromatic N) is 2. The van der Waals surface area contributed by atoms with E-state index < -0.39 is 0 Å². The molecule has 0 spiro atoms. The van der Waals surface area contributed by atoms with Gasteiger partial charge in [-0.25, -0.2) is 9.97 Å². The molecule has 0 fully saturated rings. The average molecular weight is 595 g/mol. The Hall–Kier alpha value is -4.54. The highest BCUT2D eigenvalue weighted by Crippen LogP contribution is 2.31. The maximum atomic E-state index is 12.6. The lowest BCUT2D eigenvalue weighted by Gasteiger charge is -2.14. The first-order valence-electron chi connectivity index (χ1n) is 13.2. The lowest BCUT2D eigenvalue weighted by molar-refractivity contribution is -0.114. The van der Waals surface area contributed by atoms with Crippen LogP contribution in [0.2, 0.25) is 0 Å². The number of para-hydroxylation sites is 4. The quantitative estimate of drug-likeness (QED) is 0.164. The normalized spacial score (nSPS) is 11.2. The molecular formula is C32H26N4O4S2. The summed E-state index contributed by atoms with van der Waals surface area (Å²) < 4.78 is 11.4. The molecule has 0 unspecified atom stereocenters. The van der Waals surface area contributed by atoms with Crippen molar-refractivity contribution >= 4 is 68.9 Å². The van der Waals surface area contributed by atoms with Gasteiger partial charge in [-0.3, -0.25) is 9.59 Å². The molecule has 4 aromatic carbocycles. The summed E-state index contributed by atoms with van der Waals surface area (Å²) in [5.74, 6) is 0.0975. The zero-order valence-electron chi connectivity index (χ0n) is 22.8. The van der Waals surface area contributed by atoms with E-state index in [1.807, 2.05) is 98.8 Å². The molecular weight excluding hydrogens is 569 g/mol. The smallest absolute Gasteiger partial charge is 0.257 e. The number of hydrogen-bond acceptors (Lipinski definition) is 8. The van der Waals surface area contributed by atoms with E-state index in [1.165, 1.54) is 23.5 Å². The van der Waals surface area contributed by atoms with Crippen molar-refractivity contribution in [2.45, 2.75) is 24.3 Å². The molecule has 2 heterocycles. The van der Waals surface area contributed by atoms with Gasteiger partial charge in [-0.15, -0.1) is 0 Å². The Balaban J connectivity index is 1.04. The second-order valence-corrected chi connectivity index (χ2v) is 11.5. The number of oxazole rings is 2. The van der Waals surface area contributed by atoms with E-state index in [0.29, 0.717) is 21.6 Å². The highest BCUT2D eigenvalue weighted by molar-refractivity contribution is 8.00. The Bertz CT molecular complexity index is 1730. The number of anilines is 2. The molecule has 2 aromatic heterocycles. The number of thioether (sulfide) groups is 2. The van der Waals surface area contributed by atoms with Gasteiger partial charge < -0.3 is 19.5 Å². The Kier molecular flexibility index (Phi) is 7.98. The van der Waals surface area contributed by atoms with Crippen molar-refractivity contribution in [1.29, 1.82) is 0 Å². The maximum Gasteiger partial charge on any atom is 0.257 e. The number of rotatable bonds is 9. The van der Waals surface area contributed by atoms with E-state index in [2.05, 4.69) is 20.6 Å². The molecule has 6 rings (SSSR count). The summed E-state index contributed by atoms with van der Waals surface area (Å²) in [6.45, 7) is 4.02. The van der Waals surface area contributed by atoms with Crippen molar-refractivity contribution in [2.24, 2.45) is 0 Å². The minimum Gasteiger partial charge on any atom is -0.431 e. The third-order valence-corrected chi connectivity index (χ3v) is 8.17. The molecule has 0 atom stereocenters. The minimum absolute atomic E-state index is 0.139. The van der Waals surface area contributed by atoms with Gasteiger partial charge in [-0.1, -0.05) is 59.9 Å². The van der Waals surface area contributed by atoms with Crippen molar-refractivity contribution in [1.82, 2.24) is 9.97 Å². The summed E-state index contributed by atoms with van der Waals surface area (Å²) in [5.41, 5.74) is 8.53. The van der Waals surface area contributed by atoms with Gasteiger partial charge in [-0.2, -0.15) is 0 Å². The maximum absolute atomic E-state index is 12.6. The zero-order valence-corrected chi connectivity index (χ0v) is 24.5. The van der Waals surface area contributed by atoms with Crippen molar-refractivity contribution in [3.05, 3.63) is 96.1 Å². The number of nitrogens with one attached hydrogen (secondary N) is 2. The average Bonchev–Trinajstić information content (AvgIpc) is 3.59. The van der Waals surface area contributed by atoms with Crippen LogP contribution < -0.4 is 10.6 Å². The number of hydrogen-bond donors (Lipinski definition) is 2. The third-order valence-electron chi connectivity index (χ3n) is 6.51. The predicted molar refractivity (Wildman–Crippen MR) is 168 cm³/mol. The van der Waals surface area contributed by atoms with Crippen LogP contribution >= 0.6 is 23.5 Å². The lowest BCUT2D eigenvalue weighted by Crippen LogP contribution is -2.14. The summed E-state index contributed by atoms with van der Waals surface area (Å²) in [7, 11) is 0. The number of carbonyl (C=O) groups excluding carboxylic acids is 2. The first-order valence-corrected chi connectivity index (χ1v) is 15.2. The van der Waals surface area contributed by atoms with Crippen LogP contribution in [0.15, 0.2) is 104 Å². The van der Waals surface area contributed by atoms with Gasteiger partial charge >= 0.3 is 0 Å². The van der Waals surface area contributed by atoms with Crippen LogP contribution in [0.5, 0.6) is 0 Å². The number of carbonyl (C=O) groups is 2. The van der Waals surface area contributed by atoms with Crippen LogP contribution in [-0.2, 0) is 9.59 Å². The summed E-state index contributed by atoms with van der Waals surface area (Å²) >= 11 is 2.52. The summed E-state index contributed by atoms with van der Waals surface area (Å²) in [4.78, 5) is 33.9. The SMILES string of the molecule is Cc1cc(NC(=O)CSc2nc3ccccc3o2)ccc1-c1ccc(NC(=O)CSc2nc3ccccc3o2)cc1C. The second kappa shape index (κ2) is 12.1. The molecule has 2 N–H and O–H groups in total. The topological polar surface area (TPSA) is 110 Å². The van der Waals surface area contributed by atoms with Crippen LogP contribution in [0.1, 0.15) is 11.1 Å². The number of amides is 2. The van der Waals surface area contributed by atoms with E-state index in [1.54, 1.807) is 0 Å². The third kappa shape index (κ3) is 6.35. The molecule has 0 saturated heterocycles. The van der Waals surface area contributed by atoms with Crippen molar-refractivity contribution in [2.75, 3.05) is 22.1 Å². The highest BCUT2D eigenvalue weighted by Gasteiger charge is 2.13. The molecule has 210 valence electrons. The standard InChI is InChI=1S/C32H26N4O4S2/c1-19-15-21(33-29(37)17-41-31-35-25-7-3-5-9-27(25)39-31)11-13-23(19)24-14-12-22(16-20(24)2)34-30(38)18-42-32-36-26-8-4-6-10-28(26)40-32/h3-16H,17-18H2,1-2H3,(H,33,37)(H,34,38). The van der Waals surface area contributed by atoms with Crippen LogP contribution in [0, 0.1) is 13.8 Å². The Labute approximate surface area is 250 Å². The van der Waals surface area contributed by atoms with Crippen molar-refractivity contribution < 1.29 is 18.4 Å². The molecule has 6 aromatic rings. The molecule has 0 aliphatic carbocycles.